The van der Waals surface area contributed by atoms with Gasteiger partial charge in [0.05, 0.1) is 0 Å². The van der Waals surface area contributed by atoms with Gasteiger partial charge < -0.3 is 0 Å². The Morgan fingerprint density at radius 3 is 2.36 bits per heavy atom. The van der Waals surface area contributed by atoms with E-state index in [0.29, 0.717) is 0 Å². The summed E-state index contributed by atoms with van der Waals surface area (Å²) in [6.45, 7) is 0. The van der Waals surface area contributed by atoms with Gasteiger partial charge in [-0.2, -0.15) is 14.0 Å². The Morgan fingerprint density at radius 2 is 1.91 bits per heavy atom. The number of nitriles is 1. The normalized spacial score (nSPS) is 10.6. The van der Waals surface area contributed by atoms with Crippen molar-refractivity contribution in [2.24, 2.45) is 0 Å². The Balaban J connectivity index is 3.05. The van der Waals surface area contributed by atoms with E-state index in [-0.39, 0.29) is 0 Å². The Hall–Kier alpha value is -1.57. The molecule has 11 heavy (non-hydrogen) atoms. The Morgan fingerprint density at radius 1 is 1.36 bits per heavy atom. The lowest BCUT2D eigenvalue weighted by Crippen LogP contribution is -2.13. The zero-order valence-electron chi connectivity index (χ0n) is 5.33. The van der Waals surface area contributed by atoms with Crippen LogP contribution in [-0.2, 0) is 5.92 Å². The van der Waals surface area contributed by atoms with Crippen LogP contribution in [0, 0.1) is 11.3 Å². The highest BCUT2D eigenvalue weighted by molar-refractivity contribution is 5.07. The molecule has 0 amide bonds. The third-order valence-electron chi connectivity index (χ3n) is 0.987. The van der Waals surface area contributed by atoms with Crippen molar-refractivity contribution in [3.8, 4) is 6.07 Å². The molecule has 0 aromatic carbocycles. The number of nitrogens with zero attached hydrogens (tertiary/aromatic N) is 3. The highest BCUT2D eigenvalue weighted by Crippen LogP contribution is 2.21. The number of aromatic nitrogens is 2. The van der Waals surface area contributed by atoms with Gasteiger partial charge in [0.25, 0.3) is 0 Å². The molecule has 1 aromatic heterocycles. The highest BCUT2D eigenvalue weighted by Gasteiger charge is 2.34. The van der Waals surface area contributed by atoms with E-state index in [1.165, 1.54) is 6.07 Å². The summed E-state index contributed by atoms with van der Waals surface area (Å²) in [5, 5.41) is 7.97. The molecule has 0 spiro atoms. The van der Waals surface area contributed by atoms with Gasteiger partial charge in [-0.25, -0.2) is 9.97 Å². The predicted molar refractivity (Wildman–Crippen MR) is 31.5 cm³/mol. The molecule has 0 bridgehead atoms. The number of rotatable bonds is 1. The lowest BCUT2D eigenvalue weighted by atomic mass is 10.3. The summed E-state index contributed by atoms with van der Waals surface area (Å²) in [6.07, 6.45) is 2.32. The molecule has 0 radical (unpaired) electrons. The summed E-state index contributed by atoms with van der Waals surface area (Å²) >= 11 is 0. The van der Waals surface area contributed by atoms with Gasteiger partial charge >= 0.3 is 5.92 Å². The van der Waals surface area contributed by atoms with Gasteiger partial charge in [0.1, 0.15) is 6.07 Å². The van der Waals surface area contributed by atoms with Gasteiger partial charge in [-0.3, -0.25) is 0 Å². The van der Waals surface area contributed by atoms with E-state index < -0.39 is 11.7 Å². The Kier molecular flexibility index (Phi) is 1.77. The first-order chi connectivity index (χ1) is 5.17. The summed E-state index contributed by atoms with van der Waals surface area (Å²) in [5.74, 6) is -4.34. The first kappa shape index (κ1) is 7.54. The fourth-order valence-electron chi connectivity index (χ4n) is 0.511. The van der Waals surface area contributed by atoms with Gasteiger partial charge in [-0.15, -0.1) is 0 Å². The molecule has 0 aliphatic rings. The van der Waals surface area contributed by atoms with Crippen LogP contribution in [0.1, 0.15) is 5.82 Å². The standard InChI is InChI=1S/C6H3F2N3/c7-6(8,4-9)5-10-2-1-3-11-5/h1-3H. The summed E-state index contributed by atoms with van der Waals surface area (Å²) in [7, 11) is 0. The fourth-order valence-corrected chi connectivity index (χ4v) is 0.511. The minimum absolute atomic E-state index is 0.762. The van der Waals surface area contributed by atoms with Gasteiger partial charge in [-0.1, -0.05) is 0 Å². The lowest BCUT2D eigenvalue weighted by Gasteiger charge is -2.02. The molecule has 1 heterocycles. The fraction of sp³-hybridized carbons (Fsp3) is 0.167. The van der Waals surface area contributed by atoms with E-state index in [1.54, 1.807) is 0 Å². The van der Waals surface area contributed by atoms with Crippen LogP contribution in [0.5, 0.6) is 0 Å². The van der Waals surface area contributed by atoms with Crippen LogP contribution in [0.25, 0.3) is 0 Å². The van der Waals surface area contributed by atoms with E-state index >= 15 is 0 Å². The largest absolute Gasteiger partial charge is 0.390 e. The van der Waals surface area contributed by atoms with Crippen molar-refractivity contribution >= 4 is 0 Å². The van der Waals surface area contributed by atoms with Gasteiger partial charge in [0.2, 0.25) is 5.82 Å². The lowest BCUT2D eigenvalue weighted by molar-refractivity contribution is 0.0510. The maximum absolute atomic E-state index is 12.4. The minimum Gasteiger partial charge on any atom is -0.235 e. The summed E-state index contributed by atoms with van der Waals surface area (Å²) < 4.78 is 24.8. The molecule has 5 heteroatoms. The van der Waals surface area contributed by atoms with Crippen molar-refractivity contribution in [2.45, 2.75) is 5.92 Å². The van der Waals surface area contributed by atoms with Crippen LogP contribution in [-0.4, -0.2) is 9.97 Å². The molecule has 0 unspecified atom stereocenters. The van der Waals surface area contributed by atoms with Crippen LogP contribution in [0.2, 0.25) is 0 Å². The topological polar surface area (TPSA) is 49.6 Å². The minimum atomic E-state index is -3.58. The second-order valence-electron chi connectivity index (χ2n) is 1.76. The Bertz CT molecular complexity index is 278. The maximum atomic E-state index is 12.4. The van der Waals surface area contributed by atoms with Crippen molar-refractivity contribution in [3.63, 3.8) is 0 Å². The monoisotopic (exact) mass is 155 g/mol. The Labute approximate surface area is 61.3 Å². The molecule has 56 valence electrons. The average Bonchev–Trinajstić information content (AvgIpc) is 2.06. The SMILES string of the molecule is N#CC(F)(F)c1ncccn1. The highest BCUT2D eigenvalue weighted by atomic mass is 19.3. The van der Waals surface area contributed by atoms with Crippen LogP contribution < -0.4 is 0 Å². The van der Waals surface area contributed by atoms with E-state index in [0.717, 1.165) is 18.5 Å². The molecule has 0 saturated heterocycles. The van der Waals surface area contributed by atoms with Crippen LogP contribution >= 0.6 is 0 Å². The summed E-state index contributed by atoms with van der Waals surface area (Å²) in [4.78, 5) is 6.48. The van der Waals surface area contributed by atoms with Crippen LogP contribution in [0.4, 0.5) is 8.78 Å². The molecule has 0 aliphatic carbocycles. The average molecular weight is 155 g/mol. The number of hydrogen-bond donors (Lipinski definition) is 0. The summed E-state index contributed by atoms with van der Waals surface area (Å²) in [6, 6.07) is 2.20. The molecule has 0 aliphatic heterocycles. The van der Waals surface area contributed by atoms with E-state index in [1.807, 2.05) is 0 Å². The van der Waals surface area contributed by atoms with Gasteiger partial charge in [-0.05, 0) is 6.07 Å². The molecular weight excluding hydrogens is 152 g/mol. The predicted octanol–water partition coefficient (Wildman–Crippen LogP) is 1.09. The van der Waals surface area contributed by atoms with Gasteiger partial charge in [0, 0.05) is 12.4 Å². The molecule has 3 nitrogen and oxygen atoms in total. The van der Waals surface area contributed by atoms with Crippen molar-refractivity contribution in [3.05, 3.63) is 24.3 Å². The number of halogens is 2. The number of hydrogen-bond acceptors (Lipinski definition) is 3. The molecular formula is C6H3F2N3. The molecule has 0 N–H and O–H groups in total. The third kappa shape index (κ3) is 1.46. The third-order valence-corrected chi connectivity index (χ3v) is 0.987. The molecule has 0 atom stereocenters. The van der Waals surface area contributed by atoms with Crippen LogP contribution in [0.15, 0.2) is 18.5 Å². The second kappa shape index (κ2) is 2.58. The van der Waals surface area contributed by atoms with Crippen molar-refractivity contribution in [2.75, 3.05) is 0 Å². The molecule has 0 fully saturated rings. The second-order valence-corrected chi connectivity index (χ2v) is 1.76. The van der Waals surface area contributed by atoms with E-state index in [2.05, 4.69) is 9.97 Å². The van der Waals surface area contributed by atoms with E-state index in [9.17, 15) is 8.78 Å². The van der Waals surface area contributed by atoms with E-state index in [4.69, 9.17) is 5.26 Å². The zero-order valence-corrected chi connectivity index (χ0v) is 5.33. The van der Waals surface area contributed by atoms with Gasteiger partial charge in [0.15, 0.2) is 0 Å². The van der Waals surface area contributed by atoms with Crippen molar-refractivity contribution in [1.29, 1.82) is 5.26 Å². The first-order valence-electron chi connectivity index (χ1n) is 2.73. The van der Waals surface area contributed by atoms with Crippen LogP contribution in [0.3, 0.4) is 0 Å². The molecule has 0 saturated carbocycles. The number of alkyl halides is 2. The smallest absolute Gasteiger partial charge is 0.235 e. The quantitative estimate of drug-likeness (QED) is 0.609. The van der Waals surface area contributed by atoms with Crippen molar-refractivity contribution in [1.82, 2.24) is 9.97 Å². The molecule has 1 rings (SSSR count). The summed E-state index contributed by atoms with van der Waals surface area (Å²) in [5.41, 5.74) is 0. The van der Waals surface area contributed by atoms with Crippen molar-refractivity contribution < 1.29 is 8.78 Å². The first-order valence-corrected chi connectivity index (χ1v) is 2.73. The molecule has 1 aromatic rings. The maximum Gasteiger partial charge on any atom is 0.390 e. The zero-order chi connectivity index (χ0) is 8.32.